The highest BCUT2D eigenvalue weighted by molar-refractivity contribution is 9.09. The first kappa shape index (κ1) is 14.0. The number of alkyl halides is 1. The zero-order chi connectivity index (χ0) is 7.82. The lowest BCUT2D eigenvalue weighted by Gasteiger charge is -2.12. The van der Waals surface area contributed by atoms with Crippen molar-refractivity contribution in [2.75, 3.05) is 25.0 Å². The van der Waals surface area contributed by atoms with Crippen molar-refractivity contribution in [3.05, 3.63) is 0 Å². The van der Waals surface area contributed by atoms with Gasteiger partial charge >= 0.3 is 0 Å². The van der Waals surface area contributed by atoms with E-state index in [0.29, 0.717) is 0 Å². The van der Waals surface area contributed by atoms with E-state index in [9.17, 15) is 0 Å². The summed E-state index contributed by atoms with van der Waals surface area (Å²) < 4.78 is 0. The Morgan fingerprint density at radius 1 is 1.18 bits per heavy atom. The molecule has 0 fully saturated rings. The molecular weight excluding hydrogens is 270 g/mol. The van der Waals surface area contributed by atoms with Crippen molar-refractivity contribution >= 4 is 32.9 Å². The number of halogens is 2. The Morgan fingerprint density at radius 2 is 1.73 bits per heavy atom. The maximum Gasteiger partial charge on any atom is 0.0645 e. The normalized spacial score (nSPS) is 8.36. The average molecular weight is 285 g/mol. The first-order chi connectivity index (χ1) is 4.85. The van der Waals surface area contributed by atoms with Crippen molar-refractivity contribution in [2.24, 2.45) is 0 Å². The fraction of sp³-hybridized carbons (Fsp3) is 0.750. The summed E-state index contributed by atoms with van der Waals surface area (Å²) in [5.74, 6) is 6.04. The van der Waals surface area contributed by atoms with Gasteiger partial charge in [0.25, 0.3) is 0 Å². The summed E-state index contributed by atoms with van der Waals surface area (Å²) in [7, 11) is 0. The van der Waals surface area contributed by atoms with Crippen LogP contribution in [0.15, 0.2) is 0 Å². The third-order valence-corrected chi connectivity index (χ3v) is 1.67. The zero-order valence-electron chi connectivity index (χ0n) is 7.06. The van der Waals surface area contributed by atoms with E-state index in [2.05, 4.69) is 46.5 Å². The maximum atomic E-state index is 3.25. The van der Waals surface area contributed by atoms with Gasteiger partial charge in [-0.25, -0.2) is 0 Å². The van der Waals surface area contributed by atoms with Gasteiger partial charge in [-0.05, 0) is 13.1 Å². The van der Waals surface area contributed by atoms with E-state index in [1.807, 2.05) is 0 Å². The number of nitrogens with zero attached hydrogens (tertiary/aromatic N) is 1. The van der Waals surface area contributed by atoms with Crippen LogP contribution in [0.25, 0.3) is 0 Å². The second kappa shape index (κ2) is 10.5. The van der Waals surface area contributed by atoms with Crippen molar-refractivity contribution in [3.8, 4) is 11.8 Å². The van der Waals surface area contributed by atoms with Crippen LogP contribution in [0, 0.1) is 11.8 Å². The molecule has 0 spiro atoms. The van der Waals surface area contributed by atoms with Gasteiger partial charge in [-0.15, -0.1) is 17.0 Å². The molecule has 0 amide bonds. The van der Waals surface area contributed by atoms with Gasteiger partial charge in [0, 0.05) is 0 Å². The second-order valence-corrected chi connectivity index (χ2v) is 2.51. The van der Waals surface area contributed by atoms with E-state index in [1.54, 1.807) is 0 Å². The van der Waals surface area contributed by atoms with Gasteiger partial charge in [0.1, 0.15) is 0 Å². The van der Waals surface area contributed by atoms with E-state index < -0.39 is 0 Å². The van der Waals surface area contributed by atoms with Gasteiger partial charge < -0.3 is 0 Å². The SMILES string of the molecule is Br.CCN(CC)CC#CCBr. The molecule has 0 heterocycles. The quantitative estimate of drug-likeness (QED) is 0.568. The molecule has 11 heavy (non-hydrogen) atoms. The molecule has 0 rings (SSSR count). The lowest BCUT2D eigenvalue weighted by atomic mass is 10.5. The van der Waals surface area contributed by atoms with Crippen LogP contribution in [-0.2, 0) is 0 Å². The topological polar surface area (TPSA) is 3.24 Å². The second-order valence-electron chi connectivity index (χ2n) is 1.95. The van der Waals surface area contributed by atoms with Gasteiger partial charge in [0.2, 0.25) is 0 Å². The van der Waals surface area contributed by atoms with Crippen molar-refractivity contribution in [1.29, 1.82) is 0 Å². The smallest absolute Gasteiger partial charge is 0.0645 e. The van der Waals surface area contributed by atoms with Crippen LogP contribution in [0.4, 0.5) is 0 Å². The molecule has 0 aromatic heterocycles. The molecule has 0 unspecified atom stereocenters. The average Bonchev–Trinajstić information content (AvgIpc) is 1.99. The largest absolute Gasteiger partial charge is 0.293 e. The van der Waals surface area contributed by atoms with Crippen LogP contribution >= 0.6 is 32.9 Å². The van der Waals surface area contributed by atoms with Crippen LogP contribution in [-0.4, -0.2) is 29.9 Å². The minimum absolute atomic E-state index is 0. The summed E-state index contributed by atoms with van der Waals surface area (Å²) in [4.78, 5) is 2.29. The first-order valence-electron chi connectivity index (χ1n) is 3.59. The standard InChI is InChI=1S/C8H14BrN.BrH/c1-3-10(4-2)8-6-5-7-9;/h3-4,7-8H2,1-2H3;1H. The van der Waals surface area contributed by atoms with E-state index in [0.717, 1.165) is 25.0 Å². The van der Waals surface area contributed by atoms with Crippen LogP contribution in [0.3, 0.4) is 0 Å². The van der Waals surface area contributed by atoms with Gasteiger partial charge in [0.15, 0.2) is 0 Å². The Kier molecular flexibility index (Phi) is 13.4. The van der Waals surface area contributed by atoms with Gasteiger partial charge in [-0.1, -0.05) is 41.6 Å². The van der Waals surface area contributed by atoms with E-state index >= 15 is 0 Å². The molecule has 0 saturated carbocycles. The van der Waals surface area contributed by atoms with Gasteiger partial charge in [-0.2, -0.15) is 0 Å². The highest BCUT2D eigenvalue weighted by atomic mass is 79.9. The number of hydrogen-bond donors (Lipinski definition) is 0. The van der Waals surface area contributed by atoms with Crippen molar-refractivity contribution in [3.63, 3.8) is 0 Å². The molecule has 0 saturated heterocycles. The monoisotopic (exact) mass is 283 g/mol. The van der Waals surface area contributed by atoms with Crippen molar-refractivity contribution < 1.29 is 0 Å². The molecule has 0 aliphatic rings. The molecule has 0 aliphatic heterocycles. The lowest BCUT2D eigenvalue weighted by Crippen LogP contribution is -2.22. The molecule has 0 atom stereocenters. The Morgan fingerprint density at radius 3 is 2.09 bits per heavy atom. The Labute approximate surface area is 88.4 Å². The third kappa shape index (κ3) is 8.39. The van der Waals surface area contributed by atoms with Gasteiger partial charge in [-0.3, -0.25) is 4.90 Å². The molecule has 0 aromatic carbocycles. The van der Waals surface area contributed by atoms with E-state index in [-0.39, 0.29) is 17.0 Å². The van der Waals surface area contributed by atoms with E-state index in [1.165, 1.54) is 0 Å². The van der Waals surface area contributed by atoms with Crippen LogP contribution in [0.5, 0.6) is 0 Å². The molecule has 0 aliphatic carbocycles. The summed E-state index contributed by atoms with van der Waals surface area (Å²) >= 11 is 3.25. The summed E-state index contributed by atoms with van der Waals surface area (Å²) in [6, 6.07) is 0. The predicted molar refractivity (Wildman–Crippen MR) is 59.7 cm³/mol. The fourth-order valence-electron chi connectivity index (χ4n) is 0.662. The summed E-state index contributed by atoms with van der Waals surface area (Å²) in [6.07, 6.45) is 0. The predicted octanol–water partition coefficient (Wildman–Crippen LogP) is 2.30. The lowest BCUT2D eigenvalue weighted by molar-refractivity contribution is 0.342. The molecule has 1 nitrogen and oxygen atoms in total. The van der Waals surface area contributed by atoms with Crippen molar-refractivity contribution in [2.45, 2.75) is 13.8 Å². The molecule has 0 radical (unpaired) electrons. The molecule has 66 valence electrons. The Balaban J connectivity index is 0. The van der Waals surface area contributed by atoms with Gasteiger partial charge in [0.05, 0.1) is 11.9 Å². The molecule has 3 heteroatoms. The van der Waals surface area contributed by atoms with E-state index in [4.69, 9.17) is 0 Å². The van der Waals surface area contributed by atoms with Crippen LogP contribution < -0.4 is 0 Å². The Hall–Kier alpha value is 0.480. The molecular formula is C8H15Br2N. The van der Waals surface area contributed by atoms with Crippen LogP contribution in [0.1, 0.15) is 13.8 Å². The molecule has 0 bridgehead atoms. The maximum absolute atomic E-state index is 3.25. The fourth-order valence-corrected chi connectivity index (χ4v) is 0.860. The van der Waals surface area contributed by atoms with Crippen molar-refractivity contribution in [1.82, 2.24) is 4.90 Å². The molecule has 0 aromatic rings. The number of rotatable bonds is 3. The van der Waals surface area contributed by atoms with Crippen LogP contribution in [0.2, 0.25) is 0 Å². The molecule has 0 N–H and O–H groups in total. The summed E-state index contributed by atoms with van der Waals surface area (Å²) in [6.45, 7) is 7.39. The first-order valence-corrected chi connectivity index (χ1v) is 4.71. The number of hydrogen-bond acceptors (Lipinski definition) is 1. The summed E-state index contributed by atoms with van der Waals surface area (Å²) in [5, 5.41) is 0.786. The minimum Gasteiger partial charge on any atom is -0.293 e. The summed E-state index contributed by atoms with van der Waals surface area (Å²) in [5.41, 5.74) is 0. The Bertz CT molecular complexity index is 122. The third-order valence-electron chi connectivity index (χ3n) is 1.39. The highest BCUT2D eigenvalue weighted by Gasteiger charge is 1.92. The highest BCUT2D eigenvalue weighted by Crippen LogP contribution is 1.83. The zero-order valence-corrected chi connectivity index (χ0v) is 10.4. The minimum atomic E-state index is 0.